The summed E-state index contributed by atoms with van der Waals surface area (Å²) in [6.45, 7) is 4.24. The molecule has 158 valence electrons. The summed E-state index contributed by atoms with van der Waals surface area (Å²) in [6.07, 6.45) is 8.81. The van der Waals surface area contributed by atoms with Crippen LogP contribution in [0.3, 0.4) is 0 Å². The normalized spacial score (nSPS) is 20.5. The van der Waals surface area contributed by atoms with Crippen LogP contribution >= 0.6 is 0 Å². The molecule has 0 radical (unpaired) electrons. The van der Waals surface area contributed by atoms with Gasteiger partial charge in [0.2, 0.25) is 5.91 Å². The molecule has 10 heteroatoms. The molecule has 10 nitrogen and oxygen atoms in total. The first-order valence-electron chi connectivity index (χ1n) is 10.1. The van der Waals surface area contributed by atoms with Gasteiger partial charge in [0.25, 0.3) is 5.91 Å². The first-order chi connectivity index (χ1) is 14.9. The van der Waals surface area contributed by atoms with E-state index in [0.717, 1.165) is 12.0 Å². The average molecular weight is 419 g/mol. The van der Waals surface area contributed by atoms with Gasteiger partial charge in [-0.1, -0.05) is 0 Å². The van der Waals surface area contributed by atoms with Gasteiger partial charge in [-0.3, -0.25) is 24.2 Å². The number of carbonyl (C=O) groups is 2. The number of nitrogens with one attached hydrogen (secondary N) is 1. The number of carbonyl (C=O) groups excluding carboxylic acids is 2. The highest BCUT2D eigenvalue weighted by molar-refractivity contribution is 6.03. The van der Waals surface area contributed by atoms with Gasteiger partial charge in [0.1, 0.15) is 5.69 Å². The van der Waals surface area contributed by atoms with Crippen molar-refractivity contribution in [2.45, 2.75) is 26.3 Å². The van der Waals surface area contributed by atoms with E-state index in [1.807, 2.05) is 6.92 Å². The molecule has 1 saturated heterocycles. The van der Waals surface area contributed by atoms with Gasteiger partial charge in [-0.2, -0.15) is 5.10 Å². The van der Waals surface area contributed by atoms with Crippen LogP contribution in [-0.4, -0.2) is 48.2 Å². The number of aryl methyl sites for hydroxylation is 1. The Balaban J connectivity index is 1.31. The molecule has 1 aliphatic carbocycles. The van der Waals surface area contributed by atoms with Crippen LogP contribution in [0.1, 0.15) is 41.1 Å². The number of piperidine rings is 1. The largest absolute Gasteiger partial charge is 0.504 e. The molecule has 1 saturated carbocycles. The van der Waals surface area contributed by atoms with Gasteiger partial charge < -0.3 is 10.4 Å². The zero-order valence-corrected chi connectivity index (χ0v) is 17.1. The van der Waals surface area contributed by atoms with Crippen LogP contribution in [0.4, 0.5) is 11.5 Å². The fraction of sp³-hybridized carbons (Fsp3) is 0.333. The van der Waals surface area contributed by atoms with E-state index in [-0.39, 0.29) is 35.2 Å². The molecule has 0 bridgehead atoms. The summed E-state index contributed by atoms with van der Waals surface area (Å²) in [5.74, 6) is 0.451. The molecule has 3 atom stereocenters. The fourth-order valence-corrected chi connectivity index (χ4v) is 3.95. The number of amides is 2. The van der Waals surface area contributed by atoms with Crippen molar-refractivity contribution < 1.29 is 14.7 Å². The minimum atomic E-state index is -0.366. The van der Waals surface area contributed by atoms with E-state index >= 15 is 0 Å². The molecule has 1 aliphatic heterocycles. The molecular formula is C21H21N7O3. The lowest BCUT2D eigenvalue weighted by atomic mass is 10.1. The number of anilines is 2. The molecule has 0 spiro atoms. The van der Waals surface area contributed by atoms with Crippen molar-refractivity contribution in [2.75, 3.05) is 16.8 Å². The second-order valence-electron chi connectivity index (χ2n) is 7.99. The molecule has 3 aromatic heterocycles. The van der Waals surface area contributed by atoms with Crippen LogP contribution in [0.2, 0.25) is 0 Å². The number of aromatic hydroxyl groups is 1. The van der Waals surface area contributed by atoms with Crippen molar-refractivity contribution in [1.29, 1.82) is 0 Å². The number of pyridine rings is 1. The molecule has 2 N–H and O–H groups in total. The Labute approximate surface area is 178 Å². The predicted octanol–water partition coefficient (Wildman–Crippen LogP) is 1.93. The van der Waals surface area contributed by atoms with E-state index in [0.29, 0.717) is 29.7 Å². The number of nitrogens with zero attached hydrogens (tertiary/aromatic N) is 6. The van der Waals surface area contributed by atoms with Gasteiger partial charge in [0.05, 0.1) is 23.6 Å². The first-order valence-corrected chi connectivity index (χ1v) is 10.1. The van der Waals surface area contributed by atoms with Crippen LogP contribution in [0.25, 0.3) is 0 Å². The Morgan fingerprint density at radius 1 is 1.26 bits per heavy atom. The maximum Gasteiger partial charge on any atom is 0.276 e. The quantitative estimate of drug-likeness (QED) is 0.647. The Morgan fingerprint density at radius 2 is 2.06 bits per heavy atom. The van der Waals surface area contributed by atoms with Crippen molar-refractivity contribution in [1.82, 2.24) is 24.7 Å². The number of rotatable bonds is 5. The molecular weight excluding hydrogens is 398 g/mol. The summed E-state index contributed by atoms with van der Waals surface area (Å²) in [5.41, 5.74) is 2.03. The summed E-state index contributed by atoms with van der Waals surface area (Å²) in [4.78, 5) is 38.7. The lowest BCUT2D eigenvalue weighted by Gasteiger charge is -2.20. The monoisotopic (exact) mass is 419 g/mol. The van der Waals surface area contributed by atoms with Crippen LogP contribution in [0.15, 0.2) is 37.1 Å². The van der Waals surface area contributed by atoms with Crippen LogP contribution in [0.5, 0.6) is 5.75 Å². The summed E-state index contributed by atoms with van der Waals surface area (Å²) >= 11 is 0. The zero-order chi connectivity index (χ0) is 21.7. The molecule has 0 unspecified atom stereocenters. The lowest BCUT2D eigenvalue weighted by Crippen LogP contribution is -2.28. The molecule has 4 heterocycles. The predicted molar refractivity (Wildman–Crippen MR) is 111 cm³/mol. The van der Waals surface area contributed by atoms with E-state index in [2.05, 4.69) is 25.4 Å². The highest BCUT2D eigenvalue weighted by atomic mass is 16.3. The van der Waals surface area contributed by atoms with Gasteiger partial charge in [-0.05, 0) is 37.8 Å². The number of fused-ring (bicyclic) bond motifs is 1. The lowest BCUT2D eigenvalue weighted by molar-refractivity contribution is -0.118. The van der Waals surface area contributed by atoms with Crippen molar-refractivity contribution >= 4 is 23.3 Å². The third kappa shape index (κ3) is 3.39. The van der Waals surface area contributed by atoms with Gasteiger partial charge in [-0.25, -0.2) is 9.97 Å². The second kappa shape index (κ2) is 7.15. The molecule has 0 aromatic carbocycles. The average Bonchev–Trinajstić information content (AvgIpc) is 3.26. The number of hydrogen-bond acceptors (Lipinski definition) is 7. The van der Waals surface area contributed by atoms with E-state index in [4.69, 9.17) is 0 Å². The highest BCUT2D eigenvalue weighted by Crippen LogP contribution is 2.48. The number of aromatic nitrogens is 5. The molecule has 2 aliphatic rings. The van der Waals surface area contributed by atoms with Crippen molar-refractivity contribution in [3.8, 4) is 5.75 Å². The number of hydrogen-bond donors (Lipinski definition) is 2. The maximum absolute atomic E-state index is 12.4. The highest BCUT2D eigenvalue weighted by Gasteiger charge is 2.53. The molecule has 2 amide bonds. The molecule has 2 fully saturated rings. The first kappa shape index (κ1) is 19.2. The molecule has 3 aromatic rings. The molecule has 5 rings (SSSR count). The Bertz CT molecular complexity index is 1190. The van der Waals surface area contributed by atoms with E-state index in [1.54, 1.807) is 35.0 Å². The van der Waals surface area contributed by atoms with Crippen LogP contribution in [0, 0.1) is 18.8 Å². The third-order valence-electron chi connectivity index (χ3n) is 5.88. The summed E-state index contributed by atoms with van der Waals surface area (Å²) in [7, 11) is 0. The minimum absolute atomic E-state index is 0.0298. The topological polar surface area (TPSA) is 126 Å². The Morgan fingerprint density at radius 3 is 2.77 bits per heavy atom. The SMILES string of the molecule is Cc1nccnc1C(=O)Nc1cnn([C@H](C)c2cnc(N3C[C@H]4C[C@H]4C3=O)c(O)c2)c1. The van der Waals surface area contributed by atoms with Crippen molar-refractivity contribution in [3.05, 3.63) is 54.0 Å². The Hall–Kier alpha value is -3.82. The van der Waals surface area contributed by atoms with E-state index < -0.39 is 0 Å². The molecule has 31 heavy (non-hydrogen) atoms. The van der Waals surface area contributed by atoms with Crippen LogP contribution in [-0.2, 0) is 4.79 Å². The maximum atomic E-state index is 12.4. The van der Waals surface area contributed by atoms with Crippen LogP contribution < -0.4 is 10.2 Å². The van der Waals surface area contributed by atoms with Crippen molar-refractivity contribution in [2.24, 2.45) is 11.8 Å². The second-order valence-corrected chi connectivity index (χ2v) is 7.99. The standard InChI is InChI=1S/C21H21N7O3/c1-11-18(23-4-3-22-11)20(30)26-15-8-25-28(10-15)12(2)13-6-17(29)19(24-7-13)27-9-14-5-16(14)21(27)31/h3-4,6-8,10,12,14,16,29H,5,9H2,1-2H3,(H,26,30)/t12-,14-,16-/m1/s1. The Kier molecular flexibility index (Phi) is 4.42. The van der Waals surface area contributed by atoms with Crippen molar-refractivity contribution in [3.63, 3.8) is 0 Å². The van der Waals surface area contributed by atoms with E-state index in [1.165, 1.54) is 18.6 Å². The summed E-state index contributed by atoms with van der Waals surface area (Å²) in [5, 5.41) is 17.6. The summed E-state index contributed by atoms with van der Waals surface area (Å²) in [6, 6.07) is 1.35. The minimum Gasteiger partial charge on any atom is -0.504 e. The zero-order valence-electron chi connectivity index (χ0n) is 17.1. The van der Waals surface area contributed by atoms with E-state index in [9.17, 15) is 14.7 Å². The van der Waals surface area contributed by atoms with Gasteiger partial charge in [-0.15, -0.1) is 0 Å². The smallest absolute Gasteiger partial charge is 0.276 e. The fourth-order valence-electron chi connectivity index (χ4n) is 3.95. The van der Waals surface area contributed by atoms with Gasteiger partial charge >= 0.3 is 0 Å². The van der Waals surface area contributed by atoms with Gasteiger partial charge in [0.15, 0.2) is 11.6 Å². The van der Waals surface area contributed by atoms with Gasteiger partial charge in [0, 0.05) is 37.3 Å². The summed E-state index contributed by atoms with van der Waals surface area (Å²) < 4.78 is 1.66. The third-order valence-corrected chi connectivity index (χ3v) is 5.88.